The number of likely N-dealkylation sites (N-methyl/N-ethyl adjacent to an activating group) is 1. The monoisotopic (exact) mass is 385 g/mol. The fraction of sp³-hybridized carbons (Fsp3) is 0.318. The van der Waals surface area contributed by atoms with E-state index in [2.05, 4.69) is 11.9 Å². The van der Waals surface area contributed by atoms with E-state index in [4.69, 9.17) is 18.9 Å². The third-order valence-corrected chi connectivity index (χ3v) is 4.65. The third-order valence-electron chi connectivity index (χ3n) is 4.65. The van der Waals surface area contributed by atoms with E-state index in [1.54, 1.807) is 18.2 Å². The summed E-state index contributed by atoms with van der Waals surface area (Å²) in [6, 6.07) is 13.0. The second kappa shape index (κ2) is 9.80. The molecule has 1 unspecified atom stereocenters. The summed E-state index contributed by atoms with van der Waals surface area (Å²) in [5.41, 5.74) is 0.750. The summed E-state index contributed by atoms with van der Waals surface area (Å²) < 4.78 is 21.6. The van der Waals surface area contributed by atoms with Crippen molar-refractivity contribution < 1.29 is 23.7 Å². The Morgan fingerprint density at radius 2 is 1.68 bits per heavy atom. The maximum atomic E-state index is 12.8. The van der Waals surface area contributed by atoms with Gasteiger partial charge in [-0.25, -0.2) is 4.79 Å². The van der Waals surface area contributed by atoms with E-state index in [1.807, 2.05) is 37.4 Å². The number of esters is 1. The number of carbonyl (C=O) groups is 1. The summed E-state index contributed by atoms with van der Waals surface area (Å²) in [5.74, 6) is 0.714. The molecular formula is C22H27NO5. The molecule has 0 aliphatic heterocycles. The SMILES string of the molecule is C=CCC(COC(=O)c1cc(OC)c(OC)c(OC)c1)(NC)c1ccccc1. The number of carbonyl (C=O) groups excluding carboxylic acids is 1. The van der Waals surface area contributed by atoms with Crippen LogP contribution in [0, 0.1) is 0 Å². The standard InChI is InChI=1S/C22H27NO5/c1-6-12-22(23-2,17-10-8-7-9-11-17)15-28-21(24)16-13-18(25-3)20(27-5)19(14-16)26-4/h6-11,13-14,23H,1,12,15H2,2-5H3. The Labute approximate surface area is 166 Å². The van der Waals surface area contributed by atoms with E-state index >= 15 is 0 Å². The average Bonchev–Trinajstić information content (AvgIpc) is 2.75. The highest BCUT2D eigenvalue weighted by Gasteiger charge is 2.31. The van der Waals surface area contributed by atoms with Gasteiger partial charge in [-0.3, -0.25) is 0 Å². The van der Waals surface area contributed by atoms with Crippen LogP contribution < -0.4 is 19.5 Å². The first-order valence-electron chi connectivity index (χ1n) is 8.87. The number of rotatable bonds is 10. The summed E-state index contributed by atoms with van der Waals surface area (Å²) in [4.78, 5) is 12.8. The largest absolute Gasteiger partial charge is 0.493 e. The molecule has 28 heavy (non-hydrogen) atoms. The van der Waals surface area contributed by atoms with Crippen LogP contribution in [0.1, 0.15) is 22.3 Å². The molecular weight excluding hydrogens is 358 g/mol. The maximum absolute atomic E-state index is 12.8. The Morgan fingerprint density at radius 3 is 2.14 bits per heavy atom. The molecule has 0 spiro atoms. The molecule has 0 heterocycles. The number of ether oxygens (including phenoxy) is 4. The lowest BCUT2D eigenvalue weighted by molar-refractivity contribution is 0.0368. The second-order valence-electron chi connectivity index (χ2n) is 6.18. The maximum Gasteiger partial charge on any atom is 0.338 e. The van der Waals surface area contributed by atoms with Crippen molar-refractivity contribution in [3.63, 3.8) is 0 Å². The highest BCUT2D eigenvalue weighted by atomic mass is 16.5. The van der Waals surface area contributed by atoms with Crippen molar-refractivity contribution in [1.82, 2.24) is 5.32 Å². The van der Waals surface area contributed by atoms with Gasteiger partial charge >= 0.3 is 5.97 Å². The van der Waals surface area contributed by atoms with Gasteiger partial charge in [0, 0.05) is 0 Å². The smallest absolute Gasteiger partial charge is 0.338 e. The quantitative estimate of drug-likeness (QED) is 0.498. The lowest BCUT2D eigenvalue weighted by Crippen LogP contribution is -2.44. The first-order valence-corrected chi connectivity index (χ1v) is 8.87. The molecule has 0 amide bonds. The first kappa shape index (κ1) is 21.3. The van der Waals surface area contributed by atoms with Gasteiger partial charge in [0.05, 0.1) is 32.4 Å². The van der Waals surface area contributed by atoms with Crippen molar-refractivity contribution in [2.45, 2.75) is 12.0 Å². The lowest BCUT2D eigenvalue weighted by Gasteiger charge is -2.32. The van der Waals surface area contributed by atoms with Gasteiger partial charge in [0.1, 0.15) is 6.61 Å². The minimum Gasteiger partial charge on any atom is -0.493 e. The molecule has 1 N–H and O–H groups in total. The second-order valence-corrected chi connectivity index (χ2v) is 6.18. The summed E-state index contributed by atoms with van der Waals surface area (Å²) in [6.07, 6.45) is 2.40. The van der Waals surface area contributed by atoms with Gasteiger partial charge in [-0.1, -0.05) is 36.4 Å². The summed E-state index contributed by atoms with van der Waals surface area (Å²) in [6.45, 7) is 3.98. The van der Waals surface area contributed by atoms with Crippen LogP contribution in [0.4, 0.5) is 0 Å². The first-order chi connectivity index (χ1) is 13.5. The van der Waals surface area contributed by atoms with E-state index in [0.717, 1.165) is 5.56 Å². The lowest BCUT2D eigenvalue weighted by atomic mass is 9.87. The van der Waals surface area contributed by atoms with Gasteiger partial charge < -0.3 is 24.3 Å². The summed E-state index contributed by atoms with van der Waals surface area (Å²) >= 11 is 0. The predicted molar refractivity (Wildman–Crippen MR) is 108 cm³/mol. The van der Waals surface area contributed by atoms with Crippen LogP contribution >= 0.6 is 0 Å². The van der Waals surface area contributed by atoms with E-state index in [-0.39, 0.29) is 6.61 Å². The molecule has 0 radical (unpaired) electrons. The van der Waals surface area contributed by atoms with Gasteiger partial charge in [-0.15, -0.1) is 6.58 Å². The Kier molecular flexibility index (Phi) is 7.46. The normalized spacial score (nSPS) is 12.6. The van der Waals surface area contributed by atoms with E-state index < -0.39 is 11.5 Å². The fourth-order valence-corrected chi connectivity index (χ4v) is 3.05. The van der Waals surface area contributed by atoms with Crippen molar-refractivity contribution in [1.29, 1.82) is 0 Å². The predicted octanol–water partition coefficient (Wildman–Crippen LogP) is 3.56. The van der Waals surface area contributed by atoms with Gasteiger partial charge in [-0.05, 0) is 31.2 Å². The van der Waals surface area contributed by atoms with Crippen LogP contribution in [-0.2, 0) is 10.3 Å². The van der Waals surface area contributed by atoms with Crippen molar-refractivity contribution >= 4 is 5.97 Å². The molecule has 0 bridgehead atoms. The van der Waals surface area contributed by atoms with E-state index in [9.17, 15) is 4.79 Å². The van der Waals surface area contributed by atoms with Crippen molar-refractivity contribution in [2.75, 3.05) is 35.0 Å². The van der Waals surface area contributed by atoms with Crippen LogP contribution in [0.15, 0.2) is 55.1 Å². The number of hydrogen-bond donors (Lipinski definition) is 1. The zero-order chi connectivity index (χ0) is 20.6. The Hall–Kier alpha value is -2.99. The molecule has 0 aromatic heterocycles. The van der Waals surface area contributed by atoms with Crippen LogP contribution in [0.3, 0.4) is 0 Å². The Bertz CT molecular complexity index is 781. The summed E-state index contributed by atoms with van der Waals surface area (Å²) in [7, 11) is 6.34. The zero-order valence-electron chi connectivity index (χ0n) is 16.8. The molecule has 2 aromatic carbocycles. The topological polar surface area (TPSA) is 66.0 Å². The highest BCUT2D eigenvalue weighted by Crippen LogP contribution is 2.38. The number of nitrogens with one attached hydrogen (secondary N) is 1. The van der Waals surface area contributed by atoms with E-state index in [0.29, 0.717) is 29.2 Å². The van der Waals surface area contributed by atoms with Gasteiger partial charge in [-0.2, -0.15) is 0 Å². The molecule has 2 aromatic rings. The van der Waals surface area contributed by atoms with E-state index in [1.165, 1.54) is 21.3 Å². The minimum atomic E-state index is -0.570. The van der Waals surface area contributed by atoms with Crippen LogP contribution in [0.2, 0.25) is 0 Å². The van der Waals surface area contributed by atoms with Crippen LogP contribution in [0.5, 0.6) is 17.2 Å². The molecule has 0 saturated carbocycles. The number of benzene rings is 2. The van der Waals surface area contributed by atoms with Crippen LogP contribution in [-0.4, -0.2) is 41.0 Å². The molecule has 6 nitrogen and oxygen atoms in total. The molecule has 0 fully saturated rings. The Morgan fingerprint density at radius 1 is 1.07 bits per heavy atom. The van der Waals surface area contributed by atoms with Gasteiger partial charge in [0.25, 0.3) is 0 Å². The Balaban J connectivity index is 2.29. The van der Waals surface area contributed by atoms with Crippen molar-refractivity contribution in [3.8, 4) is 17.2 Å². The summed E-state index contributed by atoms with van der Waals surface area (Å²) in [5, 5.41) is 3.29. The van der Waals surface area contributed by atoms with Crippen LogP contribution in [0.25, 0.3) is 0 Å². The molecule has 0 aliphatic rings. The third kappa shape index (κ3) is 4.46. The van der Waals surface area contributed by atoms with Gasteiger partial charge in [0.2, 0.25) is 5.75 Å². The van der Waals surface area contributed by atoms with Crippen molar-refractivity contribution in [2.24, 2.45) is 0 Å². The van der Waals surface area contributed by atoms with Gasteiger partial charge in [0.15, 0.2) is 11.5 Å². The average molecular weight is 385 g/mol. The molecule has 0 saturated heterocycles. The van der Waals surface area contributed by atoms with Crippen molar-refractivity contribution in [3.05, 3.63) is 66.2 Å². The molecule has 1 atom stereocenters. The number of methoxy groups -OCH3 is 3. The molecule has 6 heteroatoms. The highest BCUT2D eigenvalue weighted by molar-refractivity contribution is 5.91. The zero-order valence-corrected chi connectivity index (χ0v) is 16.8. The molecule has 150 valence electrons. The fourth-order valence-electron chi connectivity index (χ4n) is 3.05. The molecule has 0 aliphatic carbocycles. The number of hydrogen-bond acceptors (Lipinski definition) is 6. The molecule has 2 rings (SSSR count). The minimum absolute atomic E-state index is 0.134.